The van der Waals surface area contributed by atoms with Gasteiger partial charge in [-0.05, 0) is 31.2 Å². The maximum Gasteiger partial charge on any atom is 0.335 e. The van der Waals surface area contributed by atoms with E-state index in [1.165, 1.54) is 47.7 Å². The first-order valence-electron chi connectivity index (χ1n) is 9.17. The third kappa shape index (κ3) is 4.11. The van der Waals surface area contributed by atoms with E-state index < -0.39 is 22.8 Å². The molecular weight excluding hydrogens is 436 g/mol. The number of hydrazone groups is 1. The van der Waals surface area contributed by atoms with Gasteiger partial charge in [0.05, 0.1) is 27.6 Å². The number of nitrogens with zero attached hydrogens (tertiary/aromatic N) is 6. The predicted octanol–water partition coefficient (Wildman–Crippen LogP) is 4.29. The summed E-state index contributed by atoms with van der Waals surface area (Å²) in [6.45, 7) is 1.64. The molecule has 0 saturated heterocycles. The largest absolute Gasteiger partial charge is 0.478 e. The lowest BCUT2D eigenvalue weighted by Crippen LogP contribution is -2.29. The van der Waals surface area contributed by atoms with Crippen molar-refractivity contribution >= 4 is 45.4 Å². The first-order valence-corrected chi connectivity index (χ1v) is 10.0. The van der Waals surface area contributed by atoms with Gasteiger partial charge in [0.15, 0.2) is 6.04 Å². The van der Waals surface area contributed by atoms with Crippen LogP contribution in [0.5, 0.6) is 0 Å². The van der Waals surface area contributed by atoms with E-state index in [0.717, 1.165) is 5.01 Å². The van der Waals surface area contributed by atoms with Crippen LogP contribution >= 0.6 is 11.3 Å². The van der Waals surface area contributed by atoms with E-state index in [-0.39, 0.29) is 11.3 Å². The fourth-order valence-electron chi connectivity index (χ4n) is 2.89. The lowest BCUT2D eigenvalue weighted by molar-refractivity contribution is -0.384. The van der Waals surface area contributed by atoms with E-state index in [1.807, 2.05) is 0 Å². The number of nitro benzene ring substituents is 1. The molecule has 1 aliphatic rings. The monoisotopic (exact) mass is 450 g/mol. The quantitative estimate of drug-likeness (QED) is 0.336. The van der Waals surface area contributed by atoms with Gasteiger partial charge < -0.3 is 5.11 Å². The van der Waals surface area contributed by atoms with E-state index in [1.54, 1.807) is 24.4 Å². The molecule has 0 saturated carbocycles. The van der Waals surface area contributed by atoms with Crippen LogP contribution in [-0.4, -0.2) is 38.6 Å². The zero-order valence-electron chi connectivity index (χ0n) is 16.4. The van der Waals surface area contributed by atoms with Crippen molar-refractivity contribution in [1.82, 2.24) is 4.98 Å². The maximum absolute atomic E-state index is 12.8. The Morgan fingerprint density at radius 2 is 2.00 bits per heavy atom. The minimum absolute atomic E-state index is 0.0555. The highest BCUT2D eigenvalue weighted by atomic mass is 32.1. The van der Waals surface area contributed by atoms with Gasteiger partial charge >= 0.3 is 5.97 Å². The first kappa shape index (κ1) is 20.9. The Morgan fingerprint density at radius 1 is 1.25 bits per heavy atom. The molecule has 2 heterocycles. The van der Waals surface area contributed by atoms with Gasteiger partial charge in [-0.25, -0.2) is 9.78 Å². The van der Waals surface area contributed by atoms with Gasteiger partial charge in [-0.2, -0.15) is 20.3 Å². The van der Waals surface area contributed by atoms with Crippen LogP contribution in [0.3, 0.4) is 0 Å². The predicted molar refractivity (Wildman–Crippen MR) is 117 cm³/mol. The summed E-state index contributed by atoms with van der Waals surface area (Å²) in [5.74, 6) is -1.49. The van der Waals surface area contributed by atoms with Crippen molar-refractivity contribution in [2.24, 2.45) is 15.3 Å². The molecule has 4 rings (SSSR count). The topological polar surface area (TPSA) is 151 Å². The summed E-state index contributed by atoms with van der Waals surface area (Å²) in [4.78, 5) is 38.6. The van der Waals surface area contributed by atoms with Crippen LogP contribution in [0.4, 0.5) is 16.5 Å². The molecule has 1 aromatic heterocycles. The Labute approximate surface area is 184 Å². The fourth-order valence-corrected chi connectivity index (χ4v) is 3.68. The molecule has 32 heavy (non-hydrogen) atoms. The normalized spacial score (nSPS) is 15.9. The van der Waals surface area contributed by atoms with Crippen molar-refractivity contribution in [3.63, 3.8) is 0 Å². The van der Waals surface area contributed by atoms with Crippen LogP contribution in [-0.2, 0) is 4.79 Å². The third-order valence-electron chi connectivity index (χ3n) is 4.53. The molecular formula is C20H14N6O5S. The fraction of sp³-hybridized carbons (Fsp3) is 0.100. The number of carboxylic acid groups (broad SMARTS) is 1. The molecule has 160 valence electrons. The van der Waals surface area contributed by atoms with Gasteiger partial charge in [0.25, 0.3) is 11.6 Å². The van der Waals surface area contributed by atoms with Crippen LogP contribution in [0.15, 0.2) is 69.2 Å². The van der Waals surface area contributed by atoms with Crippen molar-refractivity contribution in [3.05, 3.63) is 69.6 Å². The van der Waals surface area contributed by atoms with Crippen molar-refractivity contribution < 1.29 is 19.6 Å². The van der Waals surface area contributed by atoms with E-state index >= 15 is 0 Å². The Balaban J connectivity index is 1.52. The lowest BCUT2D eigenvalue weighted by atomic mass is 10.1. The van der Waals surface area contributed by atoms with Gasteiger partial charge in [0, 0.05) is 23.1 Å². The summed E-state index contributed by atoms with van der Waals surface area (Å²) in [7, 11) is 0. The number of carbonyl (C=O) groups excluding carboxylic acids is 1. The number of benzene rings is 2. The third-order valence-corrected chi connectivity index (χ3v) is 5.34. The molecule has 0 aliphatic carbocycles. The molecule has 0 spiro atoms. The molecule has 0 bridgehead atoms. The van der Waals surface area contributed by atoms with Crippen molar-refractivity contribution in [2.75, 3.05) is 5.01 Å². The molecule has 1 aliphatic heterocycles. The van der Waals surface area contributed by atoms with E-state index in [4.69, 9.17) is 5.11 Å². The first-order chi connectivity index (χ1) is 15.3. The van der Waals surface area contributed by atoms with Crippen LogP contribution < -0.4 is 5.01 Å². The number of aromatic nitrogens is 1. The van der Waals surface area contributed by atoms with Gasteiger partial charge in [-0.1, -0.05) is 12.1 Å². The Hall–Kier alpha value is -4.32. The number of carboxylic acids is 1. The number of thiazole rings is 1. The summed E-state index contributed by atoms with van der Waals surface area (Å²) in [5, 5.41) is 35.4. The van der Waals surface area contributed by atoms with E-state index in [9.17, 15) is 19.7 Å². The second kappa shape index (κ2) is 8.43. The standard InChI is InChI=1S/C20H14N6O5S/c1-11-17(23-22-14-7-5-12(6-8-14)19(28)29)18(27)25(24-11)20-21-16(10-32-20)13-3-2-4-15(9-13)26(30)31/h2-10,17H,1H3,(H,28,29). The van der Waals surface area contributed by atoms with E-state index in [0.29, 0.717) is 27.8 Å². The van der Waals surface area contributed by atoms with Crippen LogP contribution in [0, 0.1) is 10.1 Å². The molecule has 12 heteroatoms. The number of amides is 1. The second-order valence-corrected chi connectivity index (χ2v) is 7.52. The van der Waals surface area contributed by atoms with Gasteiger partial charge in [-0.15, -0.1) is 11.3 Å². The van der Waals surface area contributed by atoms with Crippen molar-refractivity contribution in [3.8, 4) is 11.3 Å². The smallest absolute Gasteiger partial charge is 0.335 e. The maximum atomic E-state index is 12.8. The van der Waals surface area contributed by atoms with Crippen molar-refractivity contribution in [1.29, 1.82) is 0 Å². The molecule has 3 aromatic rings. The highest BCUT2D eigenvalue weighted by molar-refractivity contribution is 7.14. The minimum atomic E-state index is -1.05. The Kier molecular flexibility index (Phi) is 5.52. The Morgan fingerprint density at radius 3 is 2.69 bits per heavy atom. The minimum Gasteiger partial charge on any atom is -0.478 e. The molecule has 1 amide bonds. The molecule has 0 radical (unpaired) electrons. The van der Waals surface area contributed by atoms with Crippen LogP contribution in [0.2, 0.25) is 0 Å². The van der Waals surface area contributed by atoms with Gasteiger partial charge in [0.2, 0.25) is 5.13 Å². The number of hydrogen-bond acceptors (Lipinski definition) is 9. The number of anilines is 1. The number of aromatic carboxylic acids is 1. The van der Waals surface area contributed by atoms with Crippen LogP contribution in [0.25, 0.3) is 11.3 Å². The van der Waals surface area contributed by atoms with Gasteiger partial charge in [-0.3, -0.25) is 14.9 Å². The molecule has 1 atom stereocenters. The number of nitro groups is 1. The molecule has 2 aromatic carbocycles. The molecule has 1 N–H and O–H groups in total. The lowest BCUT2D eigenvalue weighted by Gasteiger charge is -2.08. The summed E-state index contributed by atoms with van der Waals surface area (Å²) in [6.07, 6.45) is 0. The van der Waals surface area contributed by atoms with Crippen molar-refractivity contribution in [2.45, 2.75) is 13.0 Å². The number of hydrogen-bond donors (Lipinski definition) is 1. The molecule has 11 nitrogen and oxygen atoms in total. The average Bonchev–Trinajstić information content (AvgIpc) is 3.37. The number of azo groups is 1. The number of carbonyl (C=O) groups is 2. The highest BCUT2D eigenvalue weighted by Crippen LogP contribution is 2.32. The van der Waals surface area contributed by atoms with Crippen LogP contribution in [0.1, 0.15) is 17.3 Å². The molecule has 1 unspecified atom stereocenters. The van der Waals surface area contributed by atoms with Gasteiger partial charge in [0.1, 0.15) is 0 Å². The summed E-state index contributed by atoms with van der Waals surface area (Å²) in [5.41, 5.74) is 1.92. The zero-order chi connectivity index (χ0) is 22.8. The summed E-state index contributed by atoms with van der Waals surface area (Å²) >= 11 is 1.17. The summed E-state index contributed by atoms with van der Waals surface area (Å²) < 4.78 is 0. The Bertz CT molecular complexity index is 1280. The molecule has 0 fully saturated rings. The number of rotatable bonds is 6. The average molecular weight is 450 g/mol. The second-order valence-electron chi connectivity index (χ2n) is 6.68. The zero-order valence-corrected chi connectivity index (χ0v) is 17.3. The van der Waals surface area contributed by atoms with E-state index in [2.05, 4.69) is 20.3 Å². The SMILES string of the molecule is CC1=NN(c2nc(-c3cccc([N+](=O)[O-])c3)cs2)C(=O)C1N=Nc1ccc(C(=O)O)cc1. The number of non-ortho nitro benzene ring substituents is 1. The highest BCUT2D eigenvalue weighted by Gasteiger charge is 2.36. The summed E-state index contributed by atoms with van der Waals surface area (Å²) in [6, 6.07) is 10.9.